The first kappa shape index (κ1) is 27.9. The molecule has 0 saturated heterocycles. The summed E-state index contributed by atoms with van der Waals surface area (Å²) in [6.45, 7) is 4.39. The number of unbranched alkanes of at least 4 members (excludes halogenated alkanes) is 1. The molecule has 0 aliphatic carbocycles. The van der Waals surface area contributed by atoms with Gasteiger partial charge in [0.25, 0.3) is 5.91 Å². The fraction of sp³-hybridized carbons (Fsp3) is 0.219. The summed E-state index contributed by atoms with van der Waals surface area (Å²) in [6.07, 6.45) is 2.40. The summed E-state index contributed by atoms with van der Waals surface area (Å²) >= 11 is 1.44. The zero-order valence-corrected chi connectivity index (χ0v) is 22.9. The summed E-state index contributed by atoms with van der Waals surface area (Å²) in [7, 11) is 0. The SMILES string of the molecule is CCCCOC(=O)c1ccc(NC(=O)C(CC)Sc2cccc(NC(=O)c3ccc4ccccc4c3)c2)cc1. The Balaban J connectivity index is 1.35. The molecule has 0 bridgehead atoms. The first-order valence-electron chi connectivity index (χ1n) is 13.1. The van der Waals surface area contributed by atoms with Gasteiger partial charge in [-0.3, -0.25) is 9.59 Å². The van der Waals surface area contributed by atoms with Gasteiger partial charge >= 0.3 is 5.97 Å². The summed E-state index contributed by atoms with van der Waals surface area (Å²) in [4.78, 5) is 38.9. The van der Waals surface area contributed by atoms with Gasteiger partial charge in [-0.2, -0.15) is 0 Å². The average Bonchev–Trinajstić information content (AvgIpc) is 2.96. The van der Waals surface area contributed by atoms with E-state index in [1.807, 2.05) is 80.6 Å². The van der Waals surface area contributed by atoms with Crippen molar-refractivity contribution in [2.24, 2.45) is 0 Å². The van der Waals surface area contributed by atoms with E-state index in [0.29, 0.717) is 35.5 Å². The van der Waals surface area contributed by atoms with Crippen molar-refractivity contribution >= 4 is 51.7 Å². The van der Waals surface area contributed by atoms with Crippen LogP contribution in [-0.2, 0) is 9.53 Å². The van der Waals surface area contributed by atoms with E-state index in [0.717, 1.165) is 28.5 Å². The predicted molar refractivity (Wildman–Crippen MR) is 159 cm³/mol. The van der Waals surface area contributed by atoms with Gasteiger partial charge in [0.2, 0.25) is 5.91 Å². The molecule has 6 nitrogen and oxygen atoms in total. The molecule has 2 amide bonds. The Labute approximate surface area is 233 Å². The minimum absolute atomic E-state index is 0.133. The molecule has 0 aliphatic heterocycles. The van der Waals surface area contributed by atoms with Gasteiger partial charge in [0.1, 0.15) is 0 Å². The van der Waals surface area contributed by atoms with Crippen molar-refractivity contribution < 1.29 is 19.1 Å². The molecule has 0 saturated carbocycles. The zero-order valence-electron chi connectivity index (χ0n) is 22.1. The lowest BCUT2D eigenvalue weighted by Gasteiger charge is -2.16. The largest absolute Gasteiger partial charge is 0.462 e. The smallest absolute Gasteiger partial charge is 0.338 e. The molecule has 2 N–H and O–H groups in total. The van der Waals surface area contributed by atoms with Gasteiger partial charge in [0, 0.05) is 21.8 Å². The maximum Gasteiger partial charge on any atom is 0.338 e. The van der Waals surface area contributed by atoms with Crippen LogP contribution in [-0.4, -0.2) is 29.6 Å². The molecule has 200 valence electrons. The number of rotatable bonds is 11. The van der Waals surface area contributed by atoms with E-state index in [1.54, 1.807) is 24.3 Å². The van der Waals surface area contributed by atoms with E-state index < -0.39 is 0 Å². The summed E-state index contributed by atoms with van der Waals surface area (Å²) < 4.78 is 5.23. The minimum Gasteiger partial charge on any atom is -0.462 e. The molecule has 0 fully saturated rings. The molecule has 0 radical (unpaired) electrons. The van der Waals surface area contributed by atoms with Gasteiger partial charge in [0.15, 0.2) is 0 Å². The van der Waals surface area contributed by atoms with Gasteiger partial charge < -0.3 is 15.4 Å². The molecule has 4 rings (SSSR count). The molecule has 39 heavy (non-hydrogen) atoms. The molecule has 4 aromatic rings. The van der Waals surface area contributed by atoms with Crippen molar-refractivity contribution in [3.05, 3.63) is 102 Å². The van der Waals surface area contributed by atoms with E-state index in [1.165, 1.54) is 11.8 Å². The second kappa shape index (κ2) is 13.6. The molecule has 0 heterocycles. The molecule has 4 aromatic carbocycles. The van der Waals surface area contributed by atoms with Gasteiger partial charge in [-0.25, -0.2) is 4.79 Å². The van der Waals surface area contributed by atoms with Crippen LogP contribution >= 0.6 is 11.8 Å². The fourth-order valence-corrected chi connectivity index (χ4v) is 4.99. The molecule has 0 aromatic heterocycles. The molecular weight excluding hydrogens is 508 g/mol. The van der Waals surface area contributed by atoms with Gasteiger partial charge in [-0.1, -0.05) is 56.7 Å². The number of esters is 1. The van der Waals surface area contributed by atoms with Crippen molar-refractivity contribution in [1.29, 1.82) is 0 Å². The van der Waals surface area contributed by atoms with Crippen LogP contribution in [0.1, 0.15) is 53.8 Å². The number of amides is 2. The zero-order chi connectivity index (χ0) is 27.6. The summed E-state index contributed by atoms with van der Waals surface area (Å²) in [5.41, 5.74) is 2.31. The number of carbonyl (C=O) groups excluding carboxylic acids is 3. The van der Waals surface area contributed by atoms with Gasteiger partial charge in [0.05, 0.1) is 17.4 Å². The molecule has 0 spiro atoms. The highest BCUT2D eigenvalue weighted by molar-refractivity contribution is 8.00. The highest BCUT2D eigenvalue weighted by Crippen LogP contribution is 2.29. The normalized spacial score (nSPS) is 11.5. The Hall–Kier alpha value is -4.10. The number of nitrogens with one attached hydrogen (secondary N) is 2. The second-order valence-electron chi connectivity index (χ2n) is 9.11. The Kier molecular flexibility index (Phi) is 9.75. The number of thioether (sulfide) groups is 1. The standard InChI is InChI=1S/C32H32N2O4S/c1-3-5-19-38-32(37)23-15-17-26(18-16-23)33-31(36)29(4-2)39-28-12-8-11-27(21-28)34-30(35)25-14-13-22-9-6-7-10-24(22)20-25/h6-18,20-21,29H,3-5,19H2,1-2H3,(H,33,36)(H,34,35). The highest BCUT2D eigenvalue weighted by atomic mass is 32.2. The summed E-state index contributed by atoms with van der Waals surface area (Å²) in [5.74, 6) is -0.687. The van der Waals surface area contributed by atoms with E-state index in [-0.39, 0.29) is 23.0 Å². The maximum absolute atomic E-state index is 13.0. The topological polar surface area (TPSA) is 84.5 Å². The van der Waals surface area contributed by atoms with E-state index >= 15 is 0 Å². The monoisotopic (exact) mass is 540 g/mol. The van der Waals surface area contributed by atoms with Crippen molar-refractivity contribution in [2.75, 3.05) is 17.2 Å². The van der Waals surface area contributed by atoms with Crippen LogP contribution in [0, 0.1) is 0 Å². The van der Waals surface area contributed by atoms with Crippen LogP contribution in [0.3, 0.4) is 0 Å². The molecular formula is C32H32N2O4S. The van der Waals surface area contributed by atoms with E-state index in [2.05, 4.69) is 10.6 Å². The van der Waals surface area contributed by atoms with Crippen LogP contribution in [0.15, 0.2) is 95.9 Å². The number of carbonyl (C=O) groups is 3. The van der Waals surface area contributed by atoms with Crippen LogP contribution in [0.4, 0.5) is 11.4 Å². The van der Waals surface area contributed by atoms with Gasteiger partial charge in [-0.15, -0.1) is 11.8 Å². The first-order valence-corrected chi connectivity index (χ1v) is 14.0. The third-order valence-corrected chi connectivity index (χ3v) is 7.52. The van der Waals surface area contributed by atoms with Crippen molar-refractivity contribution in [3.8, 4) is 0 Å². The Morgan fingerprint density at radius 1 is 0.769 bits per heavy atom. The van der Waals surface area contributed by atoms with Crippen LogP contribution in [0.2, 0.25) is 0 Å². The number of fused-ring (bicyclic) bond motifs is 1. The molecule has 0 aliphatic rings. The lowest BCUT2D eigenvalue weighted by molar-refractivity contribution is -0.115. The quantitative estimate of drug-likeness (QED) is 0.117. The third-order valence-electron chi connectivity index (χ3n) is 6.16. The Morgan fingerprint density at radius 2 is 1.51 bits per heavy atom. The average molecular weight is 541 g/mol. The van der Waals surface area contributed by atoms with Crippen molar-refractivity contribution in [1.82, 2.24) is 0 Å². The molecule has 1 atom stereocenters. The Bertz CT molecular complexity index is 1450. The van der Waals surface area contributed by atoms with Crippen LogP contribution in [0.25, 0.3) is 10.8 Å². The number of benzene rings is 4. The lowest BCUT2D eigenvalue weighted by atomic mass is 10.1. The van der Waals surface area contributed by atoms with Crippen LogP contribution in [0.5, 0.6) is 0 Å². The van der Waals surface area contributed by atoms with Gasteiger partial charge in [-0.05, 0) is 78.2 Å². The van der Waals surface area contributed by atoms with Crippen molar-refractivity contribution in [2.45, 2.75) is 43.3 Å². The predicted octanol–water partition coefficient (Wildman–Crippen LogP) is 7.56. The highest BCUT2D eigenvalue weighted by Gasteiger charge is 2.19. The fourth-order valence-electron chi connectivity index (χ4n) is 3.97. The number of ether oxygens (including phenoxy) is 1. The Morgan fingerprint density at radius 3 is 2.26 bits per heavy atom. The lowest BCUT2D eigenvalue weighted by Crippen LogP contribution is -2.24. The molecule has 1 unspecified atom stereocenters. The number of hydrogen-bond donors (Lipinski definition) is 2. The first-order chi connectivity index (χ1) is 19.0. The second-order valence-corrected chi connectivity index (χ2v) is 10.4. The number of anilines is 2. The number of hydrogen-bond acceptors (Lipinski definition) is 5. The maximum atomic E-state index is 13.0. The van der Waals surface area contributed by atoms with Crippen LogP contribution < -0.4 is 10.6 Å². The van der Waals surface area contributed by atoms with E-state index in [4.69, 9.17) is 4.74 Å². The minimum atomic E-state index is -0.365. The molecule has 7 heteroatoms. The van der Waals surface area contributed by atoms with E-state index in [9.17, 15) is 14.4 Å². The van der Waals surface area contributed by atoms with Crippen molar-refractivity contribution in [3.63, 3.8) is 0 Å². The summed E-state index contributed by atoms with van der Waals surface area (Å²) in [6, 6.07) is 27.7. The third kappa shape index (κ3) is 7.71. The summed E-state index contributed by atoms with van der Waals surface area (Å²) in [5, 5.41) is 7.65.